The molecule has 19 heavy (non-hydrogen) atoms. The summed E-state index contributed by atoms with van der Waals surface area (Å²) in [5, 5.41) is 3.53. The molecule has 2 aromatic rings. The zero-order chi connectivity index (χ0) is 14.0. The first-order valence-corrected chi connectivity index (χ1v) is 7.00. The Hall–Kier alpha value is -1.93. The Bertz CT molecular complexity index is 680. The highest BCUT2D eigenvalue weighted by Gasteiger charge is 2.19. The van der Waals surface area contributed by atoms with Gasteiger partial charge in [0.2, 0.25) is 16.4 Å². The molecule has 2 rings (SSSR count). The van der Waals surface area contributed by atoms with Crippen LogP contribution in [0.5, 0.6) is 0 Å². The second-order valence-corrected chi connectivity index (χ2v) is 5.87. The first-order valence-electron chi connectivity index (χ1n) is 5.52. The van der Waals surface area contributed by atoms with Gasteiger partial charge in [0.1, 0.15) is 0 Å². The van der Waals surface area contributed by atoms with Gasteiger partial charge in [0.15, 0.2) is 5.82 Å². The third-order valence-electron chi connectivity index (χ3n) is 2.76. The van der Waals surface area contributed by atoms with Gasteiger partial charge in [-0.05, 0) is 37.1 Å². The van der Waals surface area contributed by atoms with Crippen LogP contribution in [-0.4, -0.2) is 18.6 Å². The van der Waals surface area contributed by atoms with E-state index in [9.17, 15) is 8.42 Å². The van der Waals surface area contributed by atoms with Gasteiger partial charge >= 0.3 is 0 Å². The first-order chi connectivity index (χ1) is 8.90. The molecule has 3 N–H and O–H groups in total. The minimum absolute atomic E-state index is 0.0356. The molecule has 0 amide bonds. The molecule has 0 bridgehead atoms. The van der Waals surface area contributed by atoms with Gasteiger partial charge < -0.3 is 10.3 Å². The molecule has 0 saturated carbocycles. The van der Waals surface area contributed by atoms with E-state index in [4.69, 9.17) is 5.73 Å². The summed E-state index contributed by atoms with van der Waals surface area (Å²) in [5.74, 6) is 0.266. The van der Waals surface area contributed by atoms with Crippen molar-refractivity contribution in [2.24, 2.45) is 0 Å². The van der Waals surface area contributed by atoms with E-state index in [1.54, 1.807) is 13.0 Å². The van der Waals surface area contributed by atoms with Gasteiger partial charge in [0, 0.05) is 5.69 Å². The topological polar surface area (TPSA) is 111 Å². The summed E-state index contributed by atoms with van der Waals surface area (Å²) in [5.41, 5.74) is 7.57. The predicted molar refractivity (Wildman–Crippen MR) is 68.7 cm³/mol. The predicted octanol–water partition coefficient (Wildman–Crippen LogP) is 0.747. The normalized spacial score (nSPS) is 11.7. The summed E-state index contributed by atoms with van der Waals surface area (Å²) in [4.78, 5) is 3.90. The van der Waals surface area contributed by atoms with Crippen LogP contribution in [-0.2, 0) is 16.6 Å². The molecule has 0 saturated heterocycles. The number of nitrogen functional groups attached to an aromatic ring is 1. The number of hydrogen-bond donors (Lipinski definition) is 2. The third-order valence-corrected chi connectivity index (χ3v) is 4.29. The van der Waals surface area contributed by atoms with E-state index in [-0.39, 0.29) is 17.3 Å². The van der Waals surface area contributed by atoms with Crippen molar-refractivity contribution in [1.29, 1.82) is 0 Å². The Morgan fingerprint density at radius 1 is 1.37 bits per heavy atom. The van der Waals surface area contributed by atoms with Gasteiger partial charge in [-0.2, -0.15) is 4.98 Å². The van der Waals surface area contributed by atoms with Crippen molar-refractivity contribution in [3.05, 3.63) is 35.5 Å². The van der Waals surface area contributed by atoms with Gasteiger partial charge in [0.25, 0.3) is 0 Å². The summed E-state index contributed by atoms with van der Waals surface area (Å²) in [6.07, 6.45) is 1.14. The molecule has 102 valence electrons. The fourth-order valence-corrected chi connectivity index (χ4v) is 2.97. The minimum atomic E-state index is -3.66. The molecule has 0 radical (unpaired) electrons. The maximum atomic E-state index is 12.2. The number of aromatic nitrogens is 2. The third kappa shape index (κ3) is 2.91. The molecule has 8 heteroatoms. The lowest BCUT2D eigenvalue weighted by Gasteiger charge is -2.11. The molecule has 1 heterocycles. The second-order valence-electron chi connectivity index (χ2n) is 4.13. The number of anilines is 1. The van der Waals surface area contributed by atoms with Crippen LogP contribution in [0, 0.1) is 13.8 Å². The van der Waals surface area contributed by atoms with Gasteiger partial charge in [-0.1, -0.05) is 5.16 Å². The molecule has 1 aromatic carbocycles. The zero-order valence-electron chi connectivity index (χ0n) is 10.5. The maximum Gasteiger partial charge on any atom is 0.241 e. The number of aryl methyl sites for hydroxylation is 1. The van der Waals surface area contributed by atoms with E-state index in [0.717, 1.165) is 12.0 Å². The van der Waals surface area contributed by atoms with Crippen molar-refractivity contribution in [3.8, 4) is 0 Å². The number of sulfonamides is 1. The van der Waals surface area contributed by atoms with E-state index in [2.05, 4.69) is 19.4 Å². The van der Waals surface area contributed by atoms with Crippen LogP contribution in [0.15, 0.2) is 27.9 Å². The molecular formula is C11H14N4O3S. The summed E-state index contributed by atoms with van der Waals surface area (Å²) in [6.45, 7) is 3.51. The standard InChI is InChI=1S/C11H14N4O3S/c1-7-3-9(12)4-10(8(7)2)19(16,17)14-5-11-13-6-18-15-11/h3-4,6,14H,5,12H2,1-2H3. The van der Waals surface area contributed by atoms with Crippen LogP contribution in [0.2, 0.25) is 0 Å². The number of nitrogens with two attached hydrogens (primary N) is 1. The van der Waals surface area contributed by atoms with Gasteiger partial charge in [-0.25, -0.2) is 13.1 Å². The first kappa shape index (κ1) is 13.5. The maximum absolute atomic E-state index is 12.2. The van der Waals surface area contributed by atoms with Crippen molar-refractivity contribution in [3.63, 3.8) is 0 Å². The molecule has 0 spiro atoms. The van der Waals surface area contributed by atoms with Crippen LogP contribution in [0.3, 0.4) is 0 Å². The molecule has 0 aliphatic heterocycles. The Labute approximate surface area is 110 Å². The Morgan fingerprint density at radius 3 is 2.74 bits per heavy atom. The van der Waals surface area contributed by atoms with E-state index in [1.807, 2.05) is 6.92 Å². The highest BCUT2D eigenvalue weighted by molar-refractivity contribution is 7.89. The van der Waals surface area contributed by atoms with Crippen LogP contribution in [0.25, 0.3) is 0 Å². The summed E-state index contributed by atoms with van der Waals surface area (Å²) < 4.78 is 31.3. The van der Waals surface area contributed by atoms with Crippen molar-refractivity contribution in [1.82, 2.24) is 14.9 Å². The molecule has 0 unspecified atom stereocenters. The van der Waals surface area contributed by atoms with Crippen LogP contribution in [0.1, 0.15) is 17.0 Å². The monoisotopic (exact) mass is 282 g/mol. The lowest BCUT2D eigenvalue weighted by atomic mass is 10.1. The Balaban J connectivity index is 2.29. The fraction of sp³-hybridized carbons (Fsp3) is 0.273. The van der Waals surface area contributed by atoms with Crippen LogP contribution < -0.4 is 10.5 Å². The molecule has 7 nitrogen and oxygen atoms in total. The van der Waals surface area contributed by atoms with Crippen molar-refractivity contribution >= 4 is 15.7 Å². The summed E-state index contributed by atoms with van der Waals surface area (Å²) in [7, 11) is -3.66. The molecule has 1 aromatic heterocycles. The van der Waals surface area contributed by atoms with Gasteiger partial charge in [-0.15, -0.1) is 0 Å². The van der Waals surface area contributed by atoms with Gasteiger partial charge in [0.05, 0.1) is 11.4 Å². The second kappa shape index (κ2) is 4.98. The number of benzene rings is 1. The number of nitrogens with zero attached hydrogens (tertiary/aromatic N) is 2. The highest BCUT2D eigenvalue weighted by atomic mass is 32.2. The van der Waals surface area contributed by atoms with E-state index in [0.29, 0.717) is 11.3 Å². The van der Waals surface area contributed by atoms with Crippen molar-refractivity contribution in [2.45, 2.75) is 25.3 Å². The van der Waals surface area contributed by atoms with Crippen molar-refractivity contribution < 1.29 is 12.9 Å². The van der Waals surface area contributed by atoms with Crippen LogP contribution >= 0.6 is 0 Å². The van der Waals surface area contributed by atoms with E-state index < -0.39 is 10.0 Å². The molecule has 0 aliphatic rings. The number of hydrogen-bond acceptors (Lipinski definition) is 6. The van der Waals surface area contributed by atoms with Crippen molar-refractivity contribution in [2.75, 3.05) is 5.73 Å². The number of nitrogens with one attached hydrogen (secondary N) is 1. The average molecular weight is 282 g/mol. The summed E-state index contributed by atoms with van der Waals surface area (Å²) in [6, 6.07) is 3.16. The van der Waals surface area contributed by atoms with E-state index in [1.165, 1.54) is 6.07 Å². The highest BCUT2D eigenvalue weighted by Crippen LogP contribution is 2.22. The molecule has 0 fully saturated rings. The average Bonchev–Trinajstić information content (AvgIpc) is 2.84. The zero-order valence-corrected chi connectivity index (χ0v) is 11.4. The smallest absolute Gasteiger partial charge is 0.241 e. The Morgan fingerprint density at radius 2 is 2.11 bits per heavy atom. The molecular weight excluding hydrogens is 268 g/mol. The summed E-state index contributed by atoms with van der Waals surface area (Å²) >= 11 is 0. The van der Waals surface area contributed by atoms with E-state index >= 15 is 0 Å². The SMILES string of the molecule is Cc1cc(N)cc(S(=O)(=O)NCc2ncon2)c1C. The molecule has 0 aliphatic carbocycles. The number of rotatable bonds is 4. The lowest BCUT2D eigenvalue weighted by molar-refractivity contribution is 0.409. The van der Waals surface area contributed by atoms with Gasteiger partial charge in [-0.3, -0.25) is 0 Å². The molecule has 0 atom stereocenters. The van der Waals surface area contributed by atoms with Crippen LogP contribution in [0.4, 0.5) is 5.69 Å². The minimum Gasteiger partial charge on any atom is -0.399 e. The Kier molecular flexibility index (Phi) is 3.54. The fourth-order valence-electron chi connectivity index (χ4n) is 1.64. The quantitative estimate of drug-likeness (QED) is 0.800. The lowest BCUT2D eigenvalue weighted by Crippen LogP contribution is -2.25. The largest absolute Gasteiger partial charge is 0.399 e.